The molecule has 0 radical (unpaired) electrons. The number of hydrogen-bond donors (Lipinski definition) is 0. The molecule has 0 N–H and O–H groups in total. The molecule has 0 spiro atoms. The molecule has 2 aromatic carbocycles. The van der Waals surface area contributed by atoms with Gasteiger partial charge in [0, 0.05) is 6.42 Å². The molecule has 0 aliphatic heterocycles. The molecule has 0 aliphatic carbocycles. The van der Waals surface area contributed by atoms with Crippen LogP contribution in [0.25, 0.3) is 0 Å². The summed E-state index contributed by atoms with van der Waals surface area (Å²) in [5, 5.41) is 8.61. The molecule has 0 amide bonds. The van der Waals surface area contributed by atoms with Gasteiger partial charge in [-0.05, 0) is 80.6 Å². The number of carbonyl (C=O) groups is 2. The van der Waals surface area contributed by atoms with E-state index in [0.29, 0.717) is 29.2 Å². The summed E-state index contributed by atoms with van der Waals surface area (Å²) in [4.78, 5) is 38.5. The molecule has 0 heterocycles. The zero-order valence-electron chi connectivity index (χ0n) is 24.1. The first-order valence-corrected chi connectivity index (χ1v) is 14.8. The maximum atomic E-state index is 12.7. The molecule has 220 valence electrons. The molecular weight excluding hydrogens is 520 g/mol. The van der Waals surface area contributed by atoms with E-state index in [4.69, 9.17) is 19.5 Å². The van der Waals surface area contributed by atoms with E-state index in [-0.39, 0.29) is 18.0 Å². The molecule has 41 heavy (non-hydrogen) atoms. The predicted molar refractivity (Wildman–Crippen MR) is 157 cm³/mol. The minimum atomic E-state index is -0.333. The Labute approximate surface area is 243 Å². The lowest BCUT2D eigenvalue weighted by atomic mass is 10.0. The van der Waals surface area contributed by atoms with Crippen LogP contribution in [0.5, 0.6) is 11.5 Å². The fraction of sp³-hybridized carbons (Fsp3) is 0.515. The number of benzene rings is 2. The van der Waals surface area contributed by atoms with E-state index in [9.17, 15) is 14.4 Å². The van der Waals surface area contributed by atoms with E-state index in [2.05, 4.69) is 11.9 Å². The van der Waals surface area contributed by atoms with Crippen LogP contribution < -0.4 is 9.47 Å². The van der Waals surface area contributed by atoms with Crippen LogP contribution in [0.2, 0.25) is 0 Å². The molecule has 0 aromatic heterocycles. The highest BCUT2D eigenvalue weighted by Crippen LogP contribution is 2.20. The molecule has 0 bridgehead atoms. The number of isocyanates is 1. The summed E-state index contributed by atoms with van der Waals surface area (Å²) in [5.41, 5.74) is 0.930. The van der Waals surface area contributed by atoms with Crippen LogP contribution in [0.1, 0.15) is 114 Å². The average molecular weight is 563 g/mol. The molecule has 0 saturated carbocycles. The summed E-state index contributed by atoms with van der Waals surface area (Å²) < 4.78 is 15.9. The van der Waals surface area contributed by atoms with E-state index in [1.807, 2.05) is 0 Å². The van der Waals surface area contributed by atoms with Crippen LogP contribution in [-0.4, -0.2) is 24.1 Å². The van der Waals surface area contributed by atoms with Crippen molar-refractivity contribution in [1.29, 1.82) is 5.26 Å². The summed E-state index contributed by atoms with van der Waals surface area (Å²) in [6.07, 6.45) is 18.1. The second-order valence-electron chi connectivity index (χ2n) is 10.1. The molecular formula is C33H42N2O6. The number of rotatable bonds is 21. The quantitative estimate of drug-likeness (QED) is 0.0374. The Kier molecular flexibility index (Phi) is 16.9. The van der Waals surface area contributed by atoms with Crippen molar-refractivity contribution in [3.05, 3.63) is 54.1 Å². The summed E-state index contributed by atoms with van der Waals surface area (Å²) >= 11 is 0. The van der Waals surface area contributed by atoms with E-state index in [0.717, 1.165) is 77.0 Å². The van der Waals surface area contributed by atoms with Crippen molar-refractivity contribution in [2.24, 2.45) is 4.99 Å². The van der Waals surface area contributed by atoms with Crippen LogP contribution in [0, 0.1) is 11.5 Å². The van der Waals surface area contributed by atoms with Gasteiger partial charge in [0.25, 0.3) is 6.26 Å². The van der Waals surface area contributed by atoms with Crippen molar-refractivity contribution in [3.8, 4) is 17.8 Å². The van der Waals surface area contributed by atoms with Gasteiger partial charge in [0.2, 0.25) is 6.08 Å². The van der Waals surface area contributed by atoms with Gasteiger partial charge in [-0.15, -0.1) is 5.26 Å². The lowest BCUT2D eigenvalue weighted by Gasteiger charge is -2.18. The number of hydrogen-bond acceptors (Lipinski definition) is 8. The lowest BCUT2D eigenvalue weighted by Crippen LogP contribution is -2.18. The fourth-order valence-electron chi connectivity index (χ4n) is 4.52. The zero-order valence-corrected chi connectivity index (χ0v) is 24.1. The van der Waals surface area contributed by atoms with Gasteiger partial charge in [-0.2, -0.15) is 4.99 Å². The van der Waals surface area contributed by atoms with Gasteiger partial charge in [0.1, 0.15) is 17.6 Å². The van der Waals surface area contributed by atoms with Crippen molar-refractivity contribution in [2.45, 2.75) is 109 Å². The predicted octanol–water partition coefficient (Wildman–Crippen LogP) is 8.52. The number of ether oxygens (including phenoxy) is 3. The maximum Gasteiger partial charge on any atom is 0.338 e. The molecule has 2 rings (SSSR count). The van der Waals surface area contributed by atoms with Crippen LogP contribution in [0.4, 0.5) is 5.69 Å². The Balaban J connectivity index is 1.58. The number of unbranched alkanes of at least 4 members (excludes halogenated alkanes) is 10. The van der Waals surface area contributed by atoms with E-state index >= 15 is 0 Å². The van der Waals surface area contributed by atoms with E-state index < -0.39 is 0 Å². The molecule has 8 nitrogen and oxygen atoms in total. The molecule has 0 fully saturated rings. The highest BCUT2D eigenvalue weighted by molar-refractivity contribution is 5.89. The third-order valence-electron chi connectivity index (χ3n) is 6.81. The van der Waals surface area contributed by atoms with Gasteiger partial charge < -0.3 is 14.2 Å². The maximum absolute atomic E-state index is 12.7. The average Bonchev–Trinajstić information content (AvgIpc) is 2.97. The van der Waals surface area contributed by atoms with Crippen molar-refractivity contribution >= 4 is 23.7 Å². The van der Waals surface area contributed by atoms with Crippen molar-refractivity contribution < 1.29 is 28.6 Å². The molecule has 0 unspecified atom stereocenters. The molecule has 8 heteroatoms. The van der Waals surface area contributed by atoms with Crippen LogP contribution >= 0.6 is 0 Å². The summed E-state index contributed by atoms with van der Waals surface area (Å²) in [6, 6.07) is 12.9. The van der Waals surface area contributed by atoms with Gasteiger partial charge in [0.05, 0.1) is 11.3 Å². The van der Waals surface area contributed by atoms with Gasteiger partial charge in [0.15, 0.2) is 0 Å². The number of esters is 2. The van der Waals surface area contributed by atoms with Crippen molar-refractivity contribution in [1.82, 2.24) is 0 Å². The molecule has 1 atom stereocenters. The third-order valence-corrected chi connectivity index (χ3v) is 6.81. The third kappa shape index (κ3) is 14.9. The normalized spacial score (nSPS) is 11.1. The Bertz CT molecular complexity index is 1120. The Morgan fingerprint density at radius 3 is 1.93 bits per heavy atom. The van der Waals surface area contributed by atoms with Crippen molar-refractivity contribution in [2.75, 3.05) is 0 Å². The number of nitrogens with zero attached hydrogens (tertiary/aromatic N) is 2. The Morgan fingerprint density at radius 2 is 1.34 bits per heavy atom. The first-order valence-electron chi connectivity index (χ1n) is 14.8. The SMILES string of the molecule is CCCCCC[C@H](CCCCCCCCCCC(=O)Oc1ccc(N=C=O)cc1)OC(=O)c1ccc(OC#N)cc1. The minimum Gasteiger partial charge on any atom is -0.459 e. The summed E-state index contributed by atoms with van der Waals surface area (Å²) in [7, 11) is 0. The summed E-state index contributed by atoms with van der Waals surface area (Å²) in [5.74, 6) is 0.249. The molecule has 0 aliphatic rings. The number of carbonyl (C=O) groups excluding carboxylic acids is 3. The van der Waals surface area contributed by atoms with E-state index in [1.165, 1.54) is 18.9 Å². The second-order valence-corrected chi connectivity index (χ2v) is 10.1. The van der Waals surface area contributed by atoms with Gasteiger partial charge in [-0.3, -0.25) is 4.79 Å². The lowest BCUT2D eigenvalue weighted by molar-refractivity contribution is -0.134. The largest absolute Gasteiger partial charge is 0.459 e. The highest BCUT2D eigenvalue weighted by Gasteiger charge is 2.16. The smallest absolute Gasteiger partial charge is 0.338 e. The topological polar surface area (TPSA) is 115 Å². The van der Waals surface area contributed by atoms with E-state index in [1.54, 1.807) is 54.8 Å². The minimum absolute atomic E-state index is 0.0862. The second kappa shape index (κ2) is 20.9. The molecule has 2 aromatic rings. The van der Waals surface area contributed by atoms with Crippen LogP contribution in [-0.2, 0) is 14.3 Å². The highest BCUT2D eigenvalue weighted by atomic mass is 16.5. The fourth-order valence-corrected chi connectivity index (χ4v) is 4.52. The van der Waals surface area contributed by atoms with Gasteiger partial charge in [-0.25, -0.2) is 9.59 Å². The monoisotopic (exact) mass is 562 g/mol. The Hall–Kier alpha value is -3.95. The molecule has 0 saturated heterocycles. The van der Waals surface area contributed by atoms with Crippen molar-refractivity contribution in [3.63, 3.8) is 0 Å². The summed E-state index contributed by atoms with van der Waals surface area (Å²) in [6.45, 7) is 2.18. The van der Waals surface area contributed by atoms with Gasteiger partial charge in [-0.1, -0.05) is 64.7 Å². The number of aliphatic imine (C=N–C) groups is 1. The first kappa shape index (κ1) is 33.3. The Morgan fingerprint density at radius 1 is 0.780 bits per heavy atom. The zero-order chi connectivity index (χ0) is 29.5. The standard InChI is InChI=1S/C33H42N2O6/c1-2-3-4-11-14-30(41-33(38)27-17-21-29(22-18-27)39-25-34)15-12-9-7-5-6-8-10-13-16-32(37)40-31-23-19-28(20-24-31)35-26-36/h17-24,30H,2-16H2,1H3/t30-/m1/s1. The van der Waals surface area contributed by atoms with Crippen LogP contribution in [0.3, 0.4) is 0 Å². The number of nitriles is 1. The van der Waals surface area contributed by atoms with Crippen LogP contribution in [0.15, 0.2) is 53.5 Å². The van der Waals surface area contributed by atoms with Gasteiger partial charge >= 0.3 is 11.9 Å². The first-order chi connectivity index (χ1) is 20.0.